The molecule has 2 heterocycles. The summed E-state index contributed by atoms with van der Waals surface area (Å²) in [5.74, 6) is -0.626. The van der Waals surface area contributed by atoms with Gasteiger partial charge in [-0.05, 0) is 11.6 Å². The van der Waals surface area contributed by atoms with Crippen LogP contribution in [0.4, 0.5) is 5.82 Å². The monoisotopic (exact) mass is 236 g/mol. The summed E-state index contributed by atoms with van der Waals surface area (Å²) in [6.07, 6.45) is 0.279. The van der Waals surface area contributed by atoms with Gasteiger partial charge < -0.3 is 9.84 Å². The fourth-order valence-electron chi connectivity index (χ4n) is 1.96. The van der Waals surface area contributed by atoms with E-state index in [1.54, 1.807) is 12.1 Å². The number of methoxy groups -OCH3 is 1. The first kappa shape index (κ1) is 11.4. The average molecular weight is 236 g/mol. The van der Waals surface area contributed by atoms with Gasteiger partial charge in [0.15, 0.2) is 0 Å². The van der Waals surface area contributed by atoms with Gasteiger partial charge in [0, 0.05) is 19.4 Å². The van der Waals surface area contributed by atoms with E-state index in [4.69, 9.17) is 9.84 Å². The maximum absolute atomic E-state index is 11.5. The zero-order valence-corrected chi connectivity index (χ0v) is 9.51. The first-order valence-electron chi connectivity index (χ1n) is 5.11. The van der Waals surface area contributed by atoms with Crippen LogP contribution in [-0.2, 0) is 16.0 Å². The molecule has 6 heteroatoms. The molecule has 0 spiro atoms. The number of ether oxygens (including phenoxy) is 1. The lowest BCUT2D eigenvalue weighted by molar-refractivity contribution is -0.139. The fraction of sp³-hybridized carbons (Fsp3) is 0.364. The van der Waals surface area contributed by atoms with Crippen LogP contribution in [0.5, 0.6) is 5.88 Å². The molecule has 0 fully saturated rings. The molecule has 1 unspecified atom stereocenters. The van der Waals surface area contributed by atoms with Crippen molar-refractivity contribution in [3.63, 3.8) is 0 Å². The number of anilines is 1. The number of carboxylic acid groups (broad SMARTS) is 1. The van der Waals surface area contributed by atoms with E-state index in [1.807, 2.05) is 0 Å². The molecular formula is C11H12N2O4. The SMILES string of the molecule is COc1ccc2c(n1)N(C(C)=O)C(C(=O)O)C2. The first-order chi connectivity index (χ1) is 8.04. The predicted octanol–water partition coefficient (Wildman–Crippen LogP) is 0.452. The minimum absolute atomic E-state index is 0.279. The van der Waals surface area contributed by atoms with Gasteiger partial charge in [-0.15, -0.1) is 0 Å². The van der Waals surface area contributed by atoms with E-state index in [0.717, 1.165) is 5.56 Å². The van der Waals surface area contributed by atoms with Crippen molar-refractivity contribution < 1.29 is 19.4 Å². The highest BCUT2D eigenvalue weighted by Crippen LogP contribution is 2.32. The molecule has 1 aromatic heterocycles. The number of carbonyl (C=O) groups excluding carboxylic acids is 1. The molecule has 1 amide bonds. The largest absolute Gasteiger partial charge is 0.481 e. The summed E-state index contributed by atoms with van der Waals surface area (Å²) >= 11 is 0. The third-order valence-electron chi connectivity index (χ3n) is 2.72. The maximum atomic E-state index is 11.5. The number of rotatable bonds is 2. The molecule has 0 aromatic carbocycles. The topological polar surface area (TPSA) is 79.7 Å². The molecule has 1 aromatic rings. The normalized spacial score (nSPS) is 17.8. The molecule has 0 saturated heterocycles. The van der Waals surface area contributed by atoms with E-state index in [2.05, 4.69) is 4.98 Å². The molecule has 6 nitrogen and oxygen atoms in total. The zero-order valence-electron chi connectivity index (χ0n) is 9.51. The maximum Gasteiger partial charge on any atom is 0.327 e. The number of fused-ring (bicyclic) bond motifs is 1. The van der Waals surface area contributed by atoms with Crippen molar-refractivity contribution in [2.24, 2.45) is 0 Å². The number of hydrogen-bond donors (Lipinski definition) is 1. The van der Waals surface area contributed by atoms with Crippen LogP contribution < -0.4 is 9.64 Å². The lowest BCUT2D eigenvalue weighted by Crippen LogP contribution is -2.41. The summed E-state index contributed by atoms with van der Waals surface area (Å²) in [7, 11) is 1.47. The van der Waals surface area contributed by atoms with Crippen molar-refractivity contribution in [2.45, 2.75) is 19.4 Å². The molecule has 17 heavy (non-hydrogen) atoms. The van der Waals surface area contributed by atoms with Crippen LogP contribution in [0.3, 0.4) is 0 Å². The third-order valence-corrected chi connectivity index (χ3v) is 2.72. The molecule has 1 atom stereocenters. The second-order valence-electron chi connectivity index (χ2n) is 3.78. The number of nitrogens with zero attached hydrogens (tertiary/aromatic N) is 2. The van der Waals surface area contributed by atoms with Crippen LogP contribution in [0, 0.1) is 0 Å². The molecule has 0 saturated carbocycles. The molecule has 1 aliphatic heterocycles. The smallest absolute Gasteiger partial charge is 0.327 e. The number of aromatic nitrogens is 1. The molecule has 90 valence electrons. The van der Waals surface area contributed by atoms with Crippen LogP contribution in [0.25, 0.3) is 0 Å². The van der Waals surface area contributed by atoms with E-state index in [0.29, 0.717) is 11.7 Å². The van der Waals surface area contributed by atoms with Crippen molar-refractivity contribution in [3.05, 3.63) is 17.7 Å². The highest BCUT2D eigenvalue weighted by atomic mass is 16.5. The number of pyridine rings is 1. The molecular weight excluding hydrogens is 224 g/mol. The summed E-state index contributed by atoms with van der Waals surface area (Å²) in [5.41, 5.74) is 0.744. The molecule has 0 bridgehead atoms. The summed E-state index contributed by atoms with van der Waals surface area (Å²) < 4.78 is 4.97. The van der Waals surface area contributed by atoms with Crippen LogP contribution in [-0.4, -0.2) is 35.1 Å². The Morgan fingerprint density at radius 1 is 1.53 bits per heavy atom. The Morgan fingerprint density at radius 2 is 2.24 bits per heavy atom. The summed E-state index contributed by atoms with van der Waals surface area (Å²) in [6, 6.07) is 2.52. The second kappa shape index (κ2) is 4.04. The van der Waals surface area contributed by atoms with E-state index in [9.17, 15) is 9.59 Å². The van der Waals surface area contributed by atoms with E-state index >= 15 is 0 Å². The van der Waals surface area contributed by atoms with Gasteiger partial charge in [0.1, 0.15) is 11.9 Å². The van der Waals surface area contributed by atoms with Gasteiger partial charge in [-0.1, -0.05) is 0 Å². The van der Waals surface area contributed by atoms with Gasteiger partial charge >= 0.3 is 5.97 Å². The summed E-state index contributed by atoms with van der Waals surface area (Å²) in [4.78, 5) is 27.9. The van der Waals surface area contributed by atoms with Gasteiger partial charge in [0.05, 0.1) is 7.11 Å². The van der Waals surface area contributed by atoms with Crippen LogP contribution >= 0.6 is 0 Å². The lowest BCUT2D eigenvalue weighted by atomic mass is 10.1. The second-order valence-corrected chi connectivity index (χ2v) is 3.78. The molecule has 0 aliphatic carbocycles. The van der Waals surface area contributed by atoms with Crippen molar-refractivity contribution in [1.29, 1.82) is 0 Å². The molecule has 1 N–H and O–H groups in total. The quantitative estimate of drug-likeness (QED) is 0.806. The zero-order chi connectivity index (χ0) is 12.6. The number of carboxylic acids is 1. The summed E-state index contributed by atoms with van der Waals surface area (Å²) in [6.45, 7) is 1.33. The Kier molecular flexibility index (Phi) is 2.71. The first-order valence-corrected chi connectivity index (χ1v) is 5.11. The van der Waals surface area contributed by atoms with Gasteiger partial charge in [-0.2, -0.15) is 4.98 Å². The summed E-state index contributed by atoms with van der Waals surface area (Å²) in [5, 5.41) is 9.08. The van der Waals surface area contributed by atoms with Gasteiger partial charge in [0.2, 0.25) is 11.8 Å². The standard InChI is InChI=1S/C11H12N2O4/c1-6(14)13-8(11(15)16)5-7-3-4-9(17-2)12-10(7)13/h3-4,8H,5H2,1-2H3,(H,15,16). The van der Waals surface area contributed by atoms with E-state index < -0.39 is 12.0 Å². The highest BCUT2D eigenvalue weighted by Gasteiger charge is 2.38. The Morgan fingerprint density at radius 3 is 2.76 bits per heavy atom. The molecule has 1 aliphatic rings. The van der Waals surface area contributed by atoms with Gasteiger partial charge in [-0.3, -0.25) is 9.69 Å². The lowest BCUT2D eigenvalue weighted by Gasteiger charge is -2.19. The Hall–Kier alpha value is -2.11. The van der Waals surface area contributed by atoms with Crippen molar-refractivity contribution in [2.75, 3.05) is 12.0 Å². The van der Waals surface area contributed by atoms with Gasteiger partial charge in [-0.25, -0.2) is 4.79 Å². The Labute approximate surface area is 97.8 Å². The third kappa shape index (κ3) is 1.82. The number of carbonyl (C=O) groups is 2. The number of hydrogen-bond acceptors (Lipinski definition) is 4. The Bertz CT molecular complexity index is 486. The highest BCUT2D eigenvalue weighted by molar-refractivity contribution is 5.99. The minimum Gasteiger partial charge on any atom is -0.481 e. The van der Waals surface area contributed by atoms with Crippen LogP contribution in [0.2, 0.25) is 0 Å². The molecule has 2 rings (SSSR count). The van der Waals surface area contributed by atoms with Crippen molar-refractivity contribution in [3.8, 4) is 5.88 Å². The van der Waals surface area contributed by atoms with Crippen molar-refractivity contribution >= 4 is 17.7 Å². The van der Waals surface area contributed by atoms with Crippen LogP contribution in [0.15, 0.2) is 12.1 Å². The average Bonchev–Trinajstić information content (AvgIpc) is 2.66. The van der Waals surface area contributed by atoms with E-state index in [1.165, 1.54) is 18.9 Å². The van der Waals surface area contributed by atoms with Gasteiger partial charge in [0.25, 0.3) is 0 Å². The van der Waals surface area contributed by atoms with E-state index in [-0.39, 0.29) is 12.3 Å². The Balaban J connectivity index is 2.48. The number of amides is 1. The predicted molar refractivity (Wildman–Crippen MR) is 59.1 cm³/mol. The molecule has 0 radical (unpaired) electrons. The fourth-order valence-corrected chi connectivity index (χ4v) is 1.96. The van der Waals surface area contributed by atoms with Crippen LogP contribution in [0.1, 0.15) is 12.5 Å². The van der Waals surface area contributed by atoms with Crippen molar-refractivity contribution in [1.82, 2.24) is 4.98 Å². The number of aliphatic carboxylic acids is 1. The minimum atomic E-state index is -1.03.